The fourth-order valence-corrected chi connectivity index (χ4v) is 1.91. The average molecular weight is 241 g/mol. The van der Waals surface area contributed by atoms with E-state index in [1.165, 1.54) is 0 Å². The molecule has 1 heterocycles. The molecule has 0 radical (unpaired) electrons. The van der Waals surface area contributed by atoms with Crippen molar-refractivity contribution in [2.75, 3.05) is 19.6 Å². The molecule has 0 bridgehead atoms. The van der Waals surface area contributed by atoms with Gasteiger partial charge in [0.2, 0.25) is 0 Å². The van der Waals surface area contributed by atoms with Crippen LogP contribution in [-0.4, -0.2) is 41.9 Å². The van der Waals surface area contributed by atoms with Crippen LogP contribution in [0, 0.1) is 11.8 Å². The zero-order valence-electron chi connectivity index (χ0n) is 11.4. The molecule has 0 aliphatic carbocycles. The SMILES string of the molecule is CC(C)C(=O)C1CN(CC(=O)OC(C)(C)C)C1. The number of hydrogen-bond acceptors (Lipinski definition) is 4. The zero-order chi connectivity index (χ0) is 13.2. The molecule has 1 saturated heterocycles. The standard InChI is InChI=1S/C13H23NO3/c1-9(2)12(16)10-6-14(7-10)8-11(15)17-13(3,4)5/h9-10H,6-8H2,1-5H3. The van der Waals surface area contributed by atoms with Gasteiger partial charge in [-0.25, -0.2) is 0 Å². The third-order valence-corrected chi connectivity index (χ3v) is 2.70. The molecule has 0 aromatic heterocycles. The summed E-state index contributed by atoms with van der Waals surface area (Å²) >= 11 is 0. The fraction of sp³-hybridized carbons (Fsp3) is 0.846. The van der Waals surface area contributed by atoms with Gasteiger partial charge < -0.3 is 4.74 Å². The second kappa shape index (κ2) is 5.17. The Balaban J connectivity index is 2.26. The van der Waals surface area contributed by atoms with Gasteiger partial charge in [-0.1, -0.05) is 13.8 Å². The highest BCUT2D eigenvalue weighted by Gasteiger charge is 2.35. The molecule has 4 heteroatoms. The van der Waals surface area contributed by atoms with Crippen LogP contribution in [0.15, 0.2) is 0 Å². The topological polar surface area (TPSA) is 46.6 Å². The second-order valence-corrected chi connectivity index (χ2v) is 6.03. The van der Waals surface area contributed by atoms with Gasteiger partial charge in [0.25, 0.3) is 0 Å². The first-order valence-corrected chi connectivity index (χ1v) is 6.17. The lowest BCUT2D eigenvalue weighted by atomic mass is 9.89. The number of carbonyl (C=O) groups excluding carboxylic acids is 2. The van der Waals surface area contributed by atoms with Crippen LogP contribution in [0.2, 0.25) is 0 Å². The zero-order valence-corrected chi connectivity index (χ0v) is 11.4. The van der Waals surface area contributed by atoms with Crippen molar-refractivity contribution in [1.82, 2.24) is 4.90 Å². The number of hydrogen-bond donors (Lipinski definition) is 0. The van der Waals surface area contributed by atoms with Crippen LogP contribution in [0.1, 0.15) is 34.6 Å². The smallest absolute Gasteiger partial charge is 0.320 e. The monoisotopic (exact) mass is 241 g/mol. The van der Waals surface area contributed by atoms with Crippen molar-refractivity contribution in [2.45, 2.75) is 40.2 Å². The van der Waals surface area contributed by atoms with Crippen molar-refractivity contribution < 1.29 is 14.3 Å². The number of nitrogens with zero attached hydrogens (tertiary/aromatic N) is 1. The molecule has 0 amide bonds. The summed E-state index contributed by atoms with van der Waals surface area (Å²) in [6.45, 7) is 11.1. The van der Waals surface area contributed by atoms with E-state index in [9.17, 15) is 9.59 Å². The summed E-state index contributed by atoms with van der Waals surface area (Å²) in [4.78, 5) is 25.1. The highest BCUT2D eigenvalue weighted by Crippen LogP contribution is 2.20. The number of ketones is 1. The summed E-state index contributed by atoms with van der Waals surface area (Å²) < 4.78 is 5.22. The van der Waals surface area contributed by atoms with Gasteiger partial charge >= 0.3 is 5.97 Å². The normalized spacial score (nSPS) is 18.0. The number of Topliss-reactive ketones (excluding diaryl/α,β-unsaturated/α-hetero) is 1. The van der Waals surface area contributed by atoms with Crippen LogP contribution in [0.5, 0.6) is 0 Å². The van der Waals surface area contributed by atoms with Crippen LogP contribution in [0.25, 0.3) is 0 Å². The summed E-state index contributed by atoms with van der Waals surface area (Å²) in [5.41, 5.74) is -0.435. The first-order chi connectivity index (χ1) is 7.69. The summed E-state index contributed by atoms with van der Waals surface area (Å²) in [6, 6.07) is 0. The van der Waals surface area contributed by atoms with Gasteiger partial charge in [0.1, 0.15) is 11.4 Å². The van der Waals surface area contributed by atoms with Gasteiger partial charge in [-0.15, -0.1) is 0 Å². The van der Waals surface area contributed by atoms with E-state index < -0.39 is 5.60 Å². The summed E-state index contributed by atoms with van der Waals surface area (Å²) in [6.07, 6.45) is 0. The molecular formula is C13H23NO3. The molecule has 1 fully saturated rings. The van der Waals surface area contributed by atoms with Crippen LogP contribution >= 0.6 is 0 Å². The maximum atomic E-state index is 11.6. The number of ether oxygens (including phenoxy) is 1. The summed E-state index contributed by atoms with van der Waals surface area (Å²) in [5.74, 6) is 0.277. The quantitative estimate of drug-likeness (QED) is 0.700. The van der Waals surface area contributed by atoms with E-state index in [1.54, 1.807) is 0 Å². The average Bonchev–Trinajstić information content (AvgIpc) is 2.06. The maximum absolute atomic E-state index is 11.6. The molecular weight excluding hydrogens is 218 g/mol. The molecule has 98 valence electrons. The molecule has 0 aromatic carbocycles. The van der Waals surface area contributed by atoms with Crippen molar-refractivity contribution in [1.29, 1.82) is 0 Å². The highest BCUT2D eigenvalue weighted by atomic mass is 16.6. The van der Waals surface area contributed by atoms with Gasteiger partial charge in [-0.05, 0) is 20.8 Å². The van der Waals surface area contributed by atoms with Crippen LogP contribution in [-0.2, 0) is 14.3 Å². The van der Waals surface area contributed by atoms with Gasteiger partial charge in [0.15, 0.2) is 0 Å². The number of rotatable bonds is 4. The molecule has 1 aliphatic heterocycles. The van der Waals surface area contributed by atoms with E-state index >= 15 is 0 Å². The van der Waals surface area contributed by atoms with Crippen molar-refractivity contribution in [3.63, 3.8) is 0 Å². The van der Waals surface area contributed by atoms with E-state index in [0.717, 1.165) is 0 Å². The maximum Gasteiger partial charge on any atom is 0.320 e. The van der Waals surface area contributed by atoms with E-state index in [1.807, 2.05) is 39.5 Å². The van der Waals surface area contributed by atoms with Crippen LogP contribution in [0.4, 0.5) is 0 Å². The first-order valence-electron chi connectivity index (χ1n) is 6.17. The third-order valence-electron chi connectivity index (χ3n) is 2.70. The van der Waals surface area contributed by atoms with Crippen molar-refractivity contribution in [3.8, 4) is 0 Å². The highest BCUT2D eigenvalue weighted by molar-refractivity contribution is 5.84. The molecule has 0 atom stereocenters. The number of likely N-dealkylation sites (tertiary alicyclic amines) is 1. The second-order valence-electron chi connectivity index (χ2n) is 6.03. The first kappa shape index (κ1) is 14.2. The summed E-state index contributed by atoms with van der Waals surface area (Å²) in [5, 5.41) is 0. The molecule has 0 N–H and O–H groups in total. The number of carbonyl (C=O) groups is 2. The minimum atomic E-state index is -0.435. The molecule has 0 aromatic rings. The Morgan fingerprint density at radius 3 is 2.24 bits per heavy atom. The predicted molar refractivity (Wildman–Crippen MR) is 65.6 cm³/mol. The van der Waals surface area contributed by atoms with Crippen molar-refractivity contribution in [2.24, 2.45) is 11.8 Å². The molecule has 0 saturated carbocycles. The van der Waals surface area contributed by atoms with E-state index in [4.69, 9.17) is 4.74 Å². The summed E-state index contributed by atoms with van der Waals surface area (Å²) in [7, 11) is 0. The Morgan fingerprint density at radius 2 is 1.82 bits per heavy atom. The van der Waals surface area contributed by atoms with Gasteiger partial charge in [0, 0.05) is 24.9 Å². The fourth-order valence-electron chi connectivity index (χ4n) is 1.91. The Morgan fingerprint density at radius 1 is 1.29 bits per heavy atom. The lowest BCUT2D eigenvalue weighted by Crippen LogP contribution is -2.53. The van der Waals surface area contributed by atoms with E-state index in [2.05, 4.69) is 0 Å². The van der Waals surface area contributed by atoms with E-state index in [0.29, 0.717) is 25.4 Å². The Bertz CT molecular complexity index is 298. The lowest BCUT2D eigenvalue weighted by Gasteiger charge is -2.38. The van der Waals surface area contributed by atoms with Gasteiger partial charge in [-0.2, -0.15) is 0 Å². The van der Waals surface area contributed by atoms with Gasteiger partial charge in [0.05, 0.1) is 6.54 Å². The van der Waals surface area contributed by atoms with Gasteiger partial charge in [-0.3, -0.25) is 14.5 Å². The molecule has 0 unspecified atom stereocenters. The minimum Gasteiger partial charge on any atom is -0.459 e. The number of esters is 1. The molecule has 1 rings (SSSR count). The minimum absolute atomic E-state index is 0.0867. The van der Waals surface area contributed by atoms with Crippen LogP contribution in [0.3, 0.4) is 0 Å². The Labute approximate surface area is 103 Å². The predicted octanol–water partition coefficient (Wildman–Crippen LogP) is 1.48. The molecule has 1 aliphatic rings. The Kier molecular flexibility index (Phi) is 4.31. The molecule has 4 nitrogen and oxygen atoms in total. The van der Waals surface area contributed by atoms with Crippen molar-refractivity contribution in [3.05, 3.63) is 0 Å². The third kappa shape index (κ3) is 4.46. The van der Waals surface area contributed by atoms with Crippen molar-refractivity contribution >= 4 is 11.8 Å². The lowest BCUT2D eigenvalue weighted by molar-refractivity contribution is -0.159. The molecule has 17 heavy (non-hydrogen) atoms. The molecule has 0 spiro atoms. The Hall–Kier alpha value is -0.900. The largest absolute Gasteiger partial charge is 0.459 e. The van der Waals surface area contributed by atoms with E-state index in [-0.39, 0.29) is 17.8 Å². The van der Waals surface area contributed by atoms with Crippen LogP contribution < -0.4 is 0 Å².